The maximum atomic E-state index is 13.8. The summed E-state index contributed by atoms with van der Waals surface area (Å²) in [5.41, 5.74) is 9.67. The number of hydrogen-bond acceptors (Lipinski definition) is 4. The molecule has 1 aliphatic carbocycles. The van der Waals surface area contributed by atoms with Crippen LogP contribution in [0.5, 0.6) is 0 Å². The Kier molecular flexibility index (Phi) is 6.47. The van der Waals surface area contributed by atoms with Crippen LogP contribution in [0.25, 0.3) is 10.9 Å². The van der Waals surface area contributed by atoms with Gasteiger partial charge in [-0.2, -0.15) is 0 Å². The van der Waals surface area contributed by atoms with Crippen LogP contribution in [-0.4, -0.2) is 51.5 Å². The molecule has 4 atom stereocenters. The average molecular weight is 499 g/mol. The van der Waals surface area contributed by atoms with Crippen molar-refractivity contribution in [1.29, 1.82) is 0 Å². The summed E-state index contributed by atoms with van der Waals surface area (Å²) < 4.78 is 5.73. The second-order valence-corrected chi connectivity index (χ2v) is 10.6. The lowest BCUT2D eigenvalue weighted by Gasteiger charge is -2.33. The Bertz CT molecular complexity index is 1300. The molecule has 2 amide bonds. The number of likely N-dealkylation sites (tertiary alicyclic amines) is 1. The van der Waals surface area contributed by atoms with Gasteiger partial charge in [0, 0.05) is 35.8 Å². The van der Waals surface area contributed by atoms with Crippen LogP contribution in [0.3, 0.4) is 0 Å². The Morgan fingerprint density at radius 3 is 2.59 bits per heavy atom. The number of para-hydroxylation sites is 1. The molecular weight excluding hydrogens is 464 g/mol. The Hall–Kier alpha value is -3.58. The van der Waals surface area contributed by atoms with Crippen molar-refractivity contribution in [2.24, 2.45) is 11.7 Å². The number of H-pyrrole nitrogens is 1. The third-order valence-corrected chi connectivity index (χ3v) is 8.44. The average Bonchev–Trinajstić information content (AvgIpc) is 3.66. The third kappa shape index (κ3) is 4.42. The van der Waals surface area contributed by atoms with E-state index in [1.54, 1.807) is 4.90 Å². The third-order valence-electron chi connectivity index (χ3n) is 8.44. The van der Waals surface area contributed by atoms with Crippen LogP contribution >= 0.6 is 0 Å². The van der Waals surface area contributed by atoms with Gasteiger partial charge in [-0.3, -0.25) is 9.69 Å². The summed E-state index contributed by atoms with van der Waals surface area (Å²) in [6, 6.07) is 16.9. The highest BCUT2D eigenvalue weighted by Gasteiger charge is 2.51. The minimum Gasteiger partial charge on any atom is -0.445 e. The molecule has 1 aromatic heterocycles. The maximum Gasteiger partial charge on any atom is 0.410 e. The molecule has 37 heavy (non-hydrogen) atoms. The number of nitrogens with one attached hydrogen (secondary N) is 1. The summed E-state index contributed by atoms with van der Waals surface area (Å²) in [7, 11) is 0. The van der Waals surface area contributed by atoms with Crippen molar-refractivity contribution in [3.8, 4) is 0 Å². The highest BCUT2D eigenvalue weighted by molar-refractivity contribution is 5.86. The van der Waals surface area contributed by atoms with Crippen molar-refractivity contribution in [3.05, 3.63) is 84.2 Å². The maximum absolute atomic E-state index is 13.8. The Balaban J connectivity index is 1.28. The van der Waals surface area contributed by atoms with Gasteiger partial charge in [-0.25, -0.2) is 4.79 Å². The van der Waals surface area contributed by atoms with Crippen LogP contribution in [0.4, 0.5) is 4.79 Å². The summed E-state index contributed by atoms with van der Waals surface area (Å²) >= 11 is 0. The number of nitrogens with two attached hydrogens (primary N) is 1. The van der Waals surface area contributed by atoms with Crippen LogP contribution in [0.2, 0.25) is 0 Å². The monoisotopic (exact) mass is 498 g/mol. The van der Waals surface area contributed by atoms with Gasteiger partial charge >= 0.3 is 6.09 Å². The first-order valence-corrected chi connectivity index (χ1v) is 13.4. The molecule has 2 aliphatic heterocycles. The molecule has 0 spiro atoms. The number of aromatic amines is 1. The van der Waals surface area contributed by atoms with Gasteiger partial charge in [0.2, 0.25) is 5.91 Å². The predicted molar refractivity (Wildman–Crippen MR) is 142 cm³/mol. The summed E-state index contributed by atoms with van der Waals surface area (Å²) in [6.45, 7) is 0.682. The second-order valence-electron chi connectivity index (χ2n) is 10.6. The molecule has 0 bridgehead atoms. The Labute approximate surface area is 217 Å². The molecule has 1 saturated carbocycles. The van der Waals surface area contributed by atoms with E-state index < -0.39 is 6.04 Å². The molecule has 2 aromatic carbocycles. The van der Waals surface area contributed by atoms with E-state index >= 15 is 0 Å². The number of benzene rings is 2. The fourth-order valence-corrected chi connectivity index (χ4v) is 6.49. The SMILES string of the molecule is N[C@H](C(=O)N1C=C[C@@H]2[C@H]1[C@@H](c1c[nH]c3ccccc13)CN2C(=O)OCc1ccccc1)C1CCCCC1. The predicted octanol–water partition coefficient (Wildman–Crippen LogP) is 4.90. The number of rotatable bonds is 5. The van der Waals surface area contributed by atoms with Gasteiger partial charge in [0.05, 0.1) is 18.1 Å². The van der Waals surface area contributed by atoms with Crippen LogP contribution in [0, 0.1) is 5.92 Å². The minimum absolute atomic E-state index is 0.0417. The van der Waals surface area contributed by atoms with Gasteiger partial charge in [-0.05, 0) is 42.0 Å². The fraction of sp³-hybridized carbons (Fsp3) is 0.400. The number of nitrogens with zero attached hydrogens (tertiary/aromatic N) is 2. The molecule has 7 heteroatoms. The van der Waals surface area contributed by atoms with E-state index in [2.05, 4.69) is 11.1 Å². The zero-order chi connectivity index (χ0) is 25.4. The van der Waals surface area contributed by atoms with Crippen LogP contribution in [0.15, 0.2) is 73.1 Å². The molecule has 0 radical (unpaired) electrons. The standard InChI is InChI=1S/C30H34N4O3/c31-27(21-11-5-2-6-12-21)29(35)33-16-15-26-28(33)24(23-17-32-25-14-8-7-13-22(23)25)18-34(26)30(36)37-19-20-9-3-1-4-10-20/h1,3-4,7-10,13-17,21,24,26-28,32H,2,5-6,11-12,18-19,31H2/t24-,26-,27+,28-/m1/s1. The van der Waals surface area contributed by atoms with Gasteiger partial charge in [0.25, 0.3) is 0 Å². The molecule has 2 fully saturated rings. The van der Waals surface area contributed by atoms with E-state index in [0.717, 1.165) is 47.7 Å². The minimum atomic E-state index is -0.522. The summed E-state index contributed by atoms with van der Waals surface area (Å²) in [5, 5.41) is 1.11. The number of ether oxygens (including phenoxy) is 1. The van der Waals surface area contributed by atoms with E-state index in [9.17, 15) is 9.59 Å². The number of aromatic nitrogens is 1. The van der Waals surface area contributed by atoms with E-state index in [-0.39, 0.29) is 42.5 Å². The van der Waals surface area contributed by atoms with Crippen molar-refractivity contribution in [3.63, 3.8) is 0 Å². The van der Waals surface area contributed by atoms with Crippen molar-refractivity contribution < 1.29 is 14.3 Å². The first kappa shape index (κ1) is 23.8. The van der Waals surface area contributed by atoms with Gasteiger partial charge in [0.1, 0.15) is 6.61 Å². The largest absolute Gasteiger partial charge is 0.445 e. The van der Waals surface area contributed by atoms with E-state index in [1.807, 2.05) is 71.9 Å². The van der Waals surface area contributed by atoms with Crippen LogP contribution in [0.1, 0.15) is 49.1 Å². The smallest absolute Gasteiger partial charge is 0.410 e. The molecule has 3 aromatic rings. The number of amides is 2. The van der Waals surface area contributed by atoms with Crippen molar-refractivity contribution in [1.82, 2.24) is 14.8 Å². The number of carbonyl (C=O) groups excluding carboxylic acids is 2. The molecule has 6 rings (SSSR count). The lowest BCUT2D eigenvalue weighted by Crippen LogP contribution is -2.51. The molecule has 1 saturated heterocycles. The first-order chi connectivity index (χ1) is 18.1. The summed E-state index contributed by atoms with van der Waals surface area (Å²) in [4.78, 5) is 34.1. The molecular formula is C30H34N4O3. The Morgan fingerprint density at radius 2 is 1.78 bits per heavy atom. The zero-order valence-corrected chi connectivity index (χ0v) is 21.0. The Morgan fingerprint density at radius 1 is 1.03 bits per heavy atom. The highest BCUT2D eigenvalue weighted by Crippen LogP contribution is 2.43. The second kappa shape index (κ2) is 10.1. The zero-order valence-electron chi connectivity index (χ0n) is 21.0. The molecule has 192 valence electrons. The molecule has 0 unspecified atom stereocenters. The van der Waals surface area contributed by atoms with Gasteiger partial charge in [-0.1, -0.05) is 67.8 Å². The van der Waals surface area contributed by atoms with Crippen molar-refractivity contribution >= 4 is 22.9 Å². The summed E-state index contributed by atoms with van der Waals surface area (Å²) in [6.07, 6.45) is 11.0. The topological polar surface area (TPSA) is 91.7 Å². The van der Waals surface area contributed by atoms with Crippen LogP contribution in [-0.2, 0) is 16.1 Å². The summed E-state index contributed by atoms with van der Waals surface area (Å²) in [5.74, 6) is 0.108. The molecule has 7 nitrogen and oxygen atoms in total. The van der Waals surface area contributed by atoms with Crippen molar-refractivity contribution in [2.75, 3.05) is 6.54 Å². The molecule has 3 aliphatic rings. The number of fused-ring (bicyclic) bond motifs is 2. The van der Waals surface area contributed by atoms with E-state index in [4.69, 9.17) is 10.5 Å². The van der Waals surface area contributed by atoms with E-state index in [1.165, 1.54) is 6.42 Å². The highest BCUT2D eigenvalue weighted by atomic mass is 16.6. The van der Waals surface area contributed by atoms with Crippen molar-refractivity contribution in [2.45, 2.75) is 62.8 Å². The first-order valence-electron chi connectivity index (χ1n) is 13.4. The number of hydrogen-bond donors (Lipinski definition) is 2. The normalized spacial score (nSPS) is 24.4. The van der Waals surface area contributed by atoms with Crippen LogP contribution < -0.4 is 5.73 Å². The van der Waals surface area contributed by atoms with E-state index in [0.29, 0.717) is 6.54 Å². The fourth-order valence-electron chi connectivity index (χ4n) is 6.49. The lowest BCUT2D eigenvalue weighted by molar-refractivity contribution is -0.133. The molecule has 3 N–H and O–H groups in total. The lowest BCUT2D eigenvalue weighted by atomic mass is 9.83. The van der Waals surface area contributed by atoms with Gasteiger partial charge < -0.3 is 20.4 Å². The van der Waals surface area contributed by atoms with Gasteiger partial charge in [0.15, 0.2) is 0 Å². The molecule has 3 heterocycles. The van der Waals surface area contributed by atoms with Gasteiger partial charge in [-0.15, -0.1) is 0 Å². The quantitative estimate of drug-likeness (QED) is 0.523. The number of carbonyl (C=O) groups is 2.